The number of fused-ring (bicyclic) bond motifs is 1. The standard InChI is InChI=1S/C22H22ClN3O3/c23-18-11-17-19(9-15(18)8-14-4-2-1-3-5-14)25-13-26(22(17)29)12-16(27)10-20-21(28)6-7-24-20/h1-5,9,11,13,20-21,24,28H,6-8,10,12H2/t20-,21+/m1/s1. The van der Waals surface area contributed by atoms with Gasteiger partial charge in [-0.1, -0.05) is 41.9 Å². The summed E-state index contributed by atoms with van der Waals surface area (Å²) in [4.78, 5) is 29.6. The van der Waals surface area contributed by atoms with Crippen LogP contribution in [0.2, 0.25) is 5.02 Å². The molecule has 0 saturated carbocycles. The molecule has 3 aromatic rings. The van der Waals surface area contributed by atoms with Crippen molar-refractivity contribution in [2.45, 2.75) is 38.0 Å². The number of halogens is 1. The number of aliphatic hydroxyl groups excluding tert-OH is 1. The average Bonchev–Trinajstić information content (AvgIpc) is 3.11. The van der Waals surface area contributed by atoms with Gasteiger partial charge in [-0.3, -0.25) is 14.2 Å². The number of carbonyl (C=O) groups is 1. The largest absolute Gasteiger partial charge is 0.391 e. The van der Waals surface area contributed by atoms with Gasteiger partial charge < -0.3 is 10.4 Å². The summed E-state index contributed by atoms with van der Waals surface area (Å²) in [5.74, 6) is -0.126. The summed E-state index contributed by atoms with van der Waals surface area (Å²) < 4.78 is 1.30. The van der Waals surface area contributed by atoms with E-state index in [0.717, 1.165) is 11.1 Å². The van der Waals surface area contributed by atoms with Crippen molar-refractivity contribution in [3.05, 3.63) is 75.3 Å². The molecule has 0 radical (unpaired) electrons. The third kappa shape index (κ3) is 4.40. The van der Waals surface area contributed by atoms with E-state index in [1.165, 1.54) is 10.9 Å². The highest BCUT2D eigenvalue weighted by molar-refractivity contribution is 6.32. The predicted octanol–water partition coefficient (Wildman–Crippen LogP) is 2.32. The van der Waals surface area contributed by atoms with Gasteiger partial charge in [-0.25, -0.2) is 4.98 Å². The van der Waals surface area contributed by atoms with Gasteiger partial charge in [0.25, 0.3) is 5.56 Å². The van der Waals surface area contributed by atoms with Crippen molar-refractivity contribution >= 4 is 28.3 Å². The number of aromatic nitrogens is 2. The Morgan fingerprint density at radius 3 is 2.79 bits per heavy atom. The molecule has 2 aromatic carbocycles. The fraction of sp³-hybridized carbons (Fsp3) is 0.318. The number of nitrogens with zero attached hydrogens (tertiary/aromatic N) is 2. The van der Waals surface area contributed by atoms with Crippen LogP contribution in [0.4, 0.5) is 0 Å². The van der Waals surface area contributed by atoms with Crippen LogP contribution >= 0.6 is 11.6 Å². The fourth-order valence-corrected chi connectivity index (χ4v) is 3.98. The molecular formula is C22H22ClN3O3. The van der Waals surface area contributed by atoms with Gasteiger partial charge in [0.05, 0.1) is 29.9 Å². The molecular weight excluding hydrogens is 390 g/mol. The highest BCUT2D eigenvalue weighted by atomic mass is 35.5. The van der Waals surface area contributed by atoms with Gasteiger partial charge in [-0.15, -0.1) is 0 Å². The molecule has 1 aromatic heterocycles. The summed E-state index contributed by atoms with van der Waals surface area (Å²) in [6.45, 7) is 0.621. The Kier molecular flexibility index (Phi) is 5.76. The van der Waals surface area contributed by atoms with Crippen molar-refractivity contribution in [3.8, 4) is 0 Å². The minimum atomic E-state index is -0.521. The van der Waals surface area contributed by atoms with Crippen molar-refractivity contribution in [2.24, 2.45) is 0 Å². The minimum Gasteiger partial charge on any atom is -0.391 e. The van der Waals surface area contributed by atoms with Crippen molar-refractivity contribution < 1.29 is 9.90 Å². The van der Waals surface area contributed by atoms with E-state index in [4.69, 9.17) is 11.6 Å². The van der Waals surface area contributed by atoms with Crippen LogP contribution in [0.15, 0.2) is 53.6 Å². The van der Waals surface area contributed by atoms with Crippen LogP contribution in [0.5, 0.6) is 0 Å². The molecule has 6 nitrogen and oxygen atoms in total. The van der Waals surface area contributed by atoms with Crippen LogP contribution in [0.3, 0.4) is 0 Å². The number of ketones is 1. The minimum absolute atomic E-state index is 0.0734. The number of benzene rings is 2. The Balaban J connectivity index is 1.56. The third-order valence-electron chi connectivity index (χ3n) is 5.33. The number of Topliss-reactive ketones (excluding diaryl/α,β-unsaturated/α-hetero) is 1. The van der Waals surface area contributed by atoms with E-state index in [2.05, 4.69) is 10.3 Å². The second-order valence-electron chi connectivity index (χ2n) is 7.46. The normalized spacial score (nSPS) is 19.0. The zero-order chi connectivity index (χ0) is 20.4. The van der Waals surface area contributed by atoms with Crippen LogP contribution in [0.25, 0.3) is 10.9 Å². The smallest absolute Gasteiger partial charge is 0.261 e. The summed E-state index contributed by atoms with van der Waals surface area (Å²) >= 11 is 6.43. The molecule has 1 fully saturated rings. The number of aliphatic hydroxyl groups is 1. The SMILES string of the molecule is O=C(C[C@H]1NCC[C@@H]1O)Cn1cnc2cc(Cc3ccccc3)c(Cl)cc2c1=O. The van der Waals surface area contributed by atoms with Crippen molar-refractivity contribution in [3.63, 3.8) is 0 Å². The summed E-state index contributed by atoms with van der Waals surface area (Å²) in [7, 11) is 0. The molecule has 2 atom stereocenters. The predicted molar refractivity (Wildman–Crippen MR) is 112 cm³/mol. The van der Waals surface area contributed by atoms with Gasteiger partial charge in [-0.05, 0) is 42.6 Å². The first-order valence-electron chi connectivity index (χ1n) is 9.66. The maximum absolute atomic E-state index is 12.8. The second-order valence-corrected chi connectivity index (χ2v) is 7.87. The number of hydrogen-bond acceptors (Lipinski definition) is 5. The lowest BCUT2D eigenvalue weighted by atomic mass is 10.0. The molecule has 7 heteroatoms. The molecule has 0 aliphatic carbocycles. The van der Waals surface area contributed by atoms with Gasteiger partial charge in [0.2, 0.25) is 0 Å². The van der Waals surface area contributed by atoms with Crippen molar-refractivity contribution in [1.82, 2.24) is 14.9 Å². The van der Waals surface area contributed by atoms with Crippen LogP contribution in [0.1, 0.15) is 24.0 Å². The highest BCUT2D eigenvalue weighted by Crippen LogP contribution is 2.23. The van der Waals surface area contributed by atoms with E-state index >= 15 is 0 Å². The zero-order valence-corrected chi connectivity index (χ0v) is 16.6. The fourth-order valence-electron chi connectivity index (χ4n) is 3.75. The van der Waals surface area contributed by atoms with Crippen LogP contribution in [-0.2, 0) is 17.8 Å². The average molecular weight is 412 g/mol. The van der Waals surface area contributed by atoms with Gasteiger partial charge >= 0.3 is 0 Å². The van der Waals surface area contributed by atoms with E-state index in [-0.39, 0.29) is 30.3 Å². The summed E-state index contributed by atoms with van der Waals surface area (Å²) in [5, 5.41) is 13.9. The monoisotopic (exact) mass is 411 g/mol. The summed E-state index contributed by atoms with van der Waals surface area (Å²) in [6, 6.07) is 13.2. The molecule has 150 valence electrons. The number of hydrogen-bond donors (Lipinski definition) is 2. The molecule has 0 amide bonds. The first-order chi connectivity index (χ1) is 14.0. The molecule has 1 aliphatic rings. The van der Waals surface area contributed by atoms with Gasteiger partial charge in [0.15, 0.2) is 5.78 Å². The Morgan fingerprint density at radius 1 is 1.28 bits per heavy atom. The van der Waals surface area contributed by atoms with Gasteiger partial charge in [0.1, 0.15) is 0 Å². The molecule has 4 rings (SSSR count). The Labute approximate surface area is 173 Å². The van der Waals surface area contributed by atoms with Crippen molar-refractivity contribution in [1.29, 1.82) is 0 Å². The topological polar surface area (TPSA) is 84.2 Å². The lowest BCUT2D eigenvalue weighted by Crippen LogP contribution is -2.34. The van der Waals surface area contributed by atoms with Crippen LogP contribution < -0.4 is 10.9 Å². The Morgan fingerprint density at radius 2 is 2.07 bits per heavy atom. The van der Waals surface area contributed by atoms with Crippen LogP contribution in [0, 0.1) is 0 Å². The molecule has 0 bridgehead atoms. The molecule has 2 heterocycles. The van der Waals surface area contributed by atoms with Gasteiger partial charge in [-0.2, -0.15) is 0 Å². The van der Waals surface area contributed by atoms with Crippen molar-refractivity contribution in [2.75, 3.05) is 6.54 Å². The lowest BCUT2D eigenvalue weighted by Gasteiger charge is -2.14. The molecule has 0 unspecified atom stereocenters. The quantitative estimate of drug-likeness (QED) is 0.650. The maximum Gasteiger partial charge on any atom is 0.261 e. The van der Waals surface area contributed by atoms with E-state index in [1.807, 2.05) is 36.4 Å². The third-order valence-corrected chi connectivity index (χ3v) is 5.69. The Hall–Kier alpha value is -2.54. The molecule has 1 aliphatic heterocycles. The van der Waals surface area contributed by atoms with E-state index in [9.17, 15) is 14.7 Å². The second kappa shape index (κ2) is 8.45. The number of nitrogens with one attached hydrogen (secondary N) is 1. The lowest BCUT2D eigenvalue weighted by molar-refractivity contribution is -0.120. The molecule has 1 saturated heterocycles. The Bertz CT molecular complexity index is 1100. The van der Waals surface area contributed by atoms with E-state index in [1.54, 1.807) is 6.07 Å². The maximum atomic E-state index is 12.8. The first-order valence-corrected chi connectivity index (χ1v) is 10.0. The number of carbonyl (C=O) groups excluding carboxylic acids is 1. The molecule has 2 N–H and O–H groups in total. The molecule has 0 spiro atoms. The van der Waals surface area contributed by atoms with E-state index in [0.29, 0.717) is 35.3 Å². The zero-order valence-electron chi connectivity index (χ0n) is 15.8. The van der Waals surface area contributed by atoms with Crippen LogP contribution in [-0.4, -0.2) is 39.1 Å². The van der Waals surface area contributed by atoms with Gasteiger partial charge in [0, 0.05) is 17.5 Å². The molecule has 29 heavy (non-hydrogen) atoms. The number of rotatable bonds is 6. The first kappa shape index (κ1) is 19.8. The summed E-state index contributed by atoms with van der Waals surface area (Å²) in [6.07, 6.45) is 2.35. The highest BCUT2D eigenvalue weighted by Gasteiger charge is 2.26. The van der Waals surface area contributed by atoms with E-state index < -0.39 is 6.10 Å². The summed E-state index contributed by atoms with van der Waals surface area (Å²) in [5.41, 5.74) is 2.28.